The van der Waals surface area contributed by atoms with Crippen LogP contribution in [-0.4, -0.2) is 36.6 Å². The lowest BCUT2D eigenvalue weighted by Gasteiger charge is -2.34. The van der Waals surface area contributed by atoms with Crippen LogP contribution >= 0.6 is 0 Å². The number of aryl methyl sites for hydroxylation is 3. The lowest BCUT2D eigenvalue weighted by atomic mass is 9.78. The standard InChI is InChI=1S/C78H83B2NO5/c1-14-16-17-19-54-24-30-58(31-25-54)62-40-60(56-26-20-51(3)21-27-56)42-64(44-62)66-46-67(65-43-61(57-28-22-52(4)23-29-57)41-63(45-65)59-34-32-55(33-35-59)53(5)18-15-2)48-70(47-66)81-71-38-36-68(79-83-75(6,7)76(8,9)84-79)49-73(71)82-74-50-69(37-39-72(74)81)80-85-77(10,11)78(12,13)86-80/h20-50,53H,14-19H2,1-13H3. The third-order valence-electron chi connectivity index (χ3n) is 19.1. The van der Waals surface area contributed by atoms with Crippen molar-refractivity contribution in [2.45, 2.75) is 157 Å². The highest BCUT2D eigenvalue weighted by Gasteiger charge is 2.53. The van der Waals surface area contributed by atoms with Crippen molar-refractivity contribution in [1.29, 1.82) is 0 Å². The average Bonchev–Trinajstić information content (AvgIpc) is 1.35. The molecule has 0 spiro atoms. The number of unbranched alkanes of at least 4 members (excludes halogenated alkanes) is 2. The molecule has 0 saturated carbocycles. The lowest BCUT2D eigenvalue weighted by Crippen LogP contribution is -2.41. The Morgan fingerprint density at radius 2 is 0.733 bits per heavy atom. The molecule has 2 saturated heterocycles. The summed E-state index contributed by atoms with van der Waals surface area (Å²) in [6.45, 7) is 27.9. The summed E-state index contributed by atoms with van der Waals surface area (Å²) in [4.78, 5) is 2.37. The normalized spacial score (nSPS) is 16.6. The zero-order valence-corrected chi connectivity index (χ0v) is 52.9. The molecule has 9 aromatic rings. The minimum atomic E-state index is -0.590. The van der Waals surface area contributed by atoms with Gasteiger partial charge in [0.15, 0.2) is 11.5 Å². The molecule has 436 valence electrons. The molecule has 0 aliphatic carbocycles. The summed E-state index contributed by atoms with van der Waals surface area (Å²) in [5.74, 6) is 1.86. The maximum Gasteiger partial charge on any atom is 0.494 e. The van der Waals surface area contributed by atoms with Crippen molar-refractivity contribution in [2.24, 2.45) is 0 Å². The molecule has 3 aliphatic heterocycles. The van der Waals surface area contributed by atoms with Gasteiger partial charge in [0.1, 0.15) is 0 Å². The van der Waals surface area contributed by atoms with Gasteiger partial charge in [0.25, 0.3) is 0 Å². The minimum Gasteiger partial charge on any atom is -0.453 e. The zero-order chi connectivity index (χ0) is 60.3. The maximum absolute atomic E-state index is 7.15. The molecule has 0 N–H and O–H groups in total. The van der Waals surface area contributed by atoms with E-state index >= 15 is 0 Å². The van der Waals surface area contributed by atoms with Gasteiger partial charge in [0.05, 0.1) is 33.8 Å². The molecular weight excluding hydrogens is 1050 g/mol. The molecule has 0 amide bonds. The van der Waals surface area contributed by atoms with Gasteiger partial charge in [-0.25, -0.2) is 0 Å². The predicted molar refractivity (Wildman–Crippen MR) is 361 cm³/mol. The summed E-state index contributed by atoms with van der Waals surface area (Å²) in [5.41, 5.74) is 21.4. The third kappa shape index (κ3) is 11.8. The van der Waals surface area contributed by atoms with Crippen LogP contribution in [0.4, 0.5) is 17.1 Å². The second-order valence-electron chi connectivity index (χ2n) is 26.6. The van der Waals surface area contributed by atoms with Crippen molar-refractivity contribution < 1.29 is 23.4 Å². The molecule has 1 unspecified atom stereocenters. The number of fused-ring (bicyclic) bond motifs is 2. The second kappa shape index (κ2) is 23.3. The van der Waals surface area contributed by atoms with Gasteiger partial charge in [-0.05, 0) is 262 Å². The summed E-state index contributed by atoms with van der Waals surface area (Å²) in [6, 6.07) is 70.6. The van der Waals surface area contributed by atoms with E-state index in [-0.39, 0.29) is 0 Å². The van der Waals surface area contributed by atoms with E-state index in [2.05, 4.69) is 283 Å². The summed E-state index contributed by atoms with van der Waals surface area (Å²) < 4.78 is 33.9. The smallest absolute Gasteiger partial charge is 0.453 e. The van der Waals surface area contributed by atoms with Crippen molar-refractivity contribution in [3.05, 3.63) is 210 Å². The van der Waals surface area contributed by atoms with E-state index in [1.807, 2.05) is 0 Å². The largest absolute Gasteiger partial charge is 0.494 e. The van der Waals surface area contributed by atoms with E-state index in [0.717, 1.165) is 91.8 Å². The Bertz CT molecular complexity index is 3820. The highest BCUT2D eigenvalue weighted by Crippen LogP contribution is 2.52. The molecule has 3 aliphatic rings. The molecule has 2 fully saturated rings. The Morgan fingerprint density at radius 3 is 1.10 bits per heavy atom. The Balaban J connectivity index is 1.09. The molecule has 0 bridgehead atoms. The van der Waals surface area contributed by atoms with Gasteiger partial charge in [-0.1, -0.05) is 160 Å². The molecular formula is C78H83B2NO5. The molecule has 1 atom stereocenters. The minimum absolute atomic E-state index is 0.491. The summed E-state index contributed by atoms with van der Waals surface area (Å²) in [5, 5.41) is 0. The number of benzene rings is 9. The van der Waals surface area contributed by atoms with Gasteiger partial charge < -0.3 is 28.3 Å². The highest BCUT2D eigenvalue weighted by molar-refractivity contribution is 6.62. The fraction of sp³-hybridized carbons (Fsp3) is 0.308. The van der Waals surface area contributed by atoms with Crippen LogP contribution in [0.25, 0.3) is 66.8 Å². The van der Waals surface area contributed by atoms with Crippen molar-refractivity contribution in [3.8, 4) is 78.3 Å². The van der Waals surface area contributed by atoms with Crippen LogP contribution in [0, 0.1) is 13.8 Å². The number of rotatable bonds is 16. The molecule has 0 aromatic heterocycles. The molecule has 86 heavy (non-hydrogen) atoms. The van der Waals surface area contributed by atoms with E-state index < -0.39 is 36.6 Å². The fourth-order valence-corrected chi connectivity index (χ4v) is 12.2. The number of ether oxygens (including phenoxy) is 1. The fourth-order valence-electron chi connectivity index (χ4n) is 12.2. The van der Waals surface area contributed by atoms with E-state index in [0.29, 0.717) is 17.4 Å². The molecule has 8 heteroatoms. The molecule has 9 aromatic carbocycles. The highest BCUT2D eigenvalue weighted by atomic mass is 16.7. The topological polar surface area (TPSA) is 49.4 Å². The van der Waals surface area contributed by atoms with Crippen LogP contribution < -0.4 is 20.6 Å². The summed E-state index contributed by atoms with van der Waals surface area (Å²) in [7, 11) is -1.18. The van der Waals surface area contributed by atoms with Crippen LogP contribution in [-0.2, 0) is 25.0 Å². The maximum atomic E-state index is 7.15. The summed E-state index contributed by atoms with van der Waals surface area (Å²) in [6.07, 6.45) is 7.04. The number of anilines is 3. The third-order valence-corrected chi connectivity index (χ3v) is 19.1. The van der Waals surface area contributed by atoms with Gasteiger partial charge in [-0.15, -0.1) is 0 Å². The van der Waals surface area contributed by atoms with Crippen LogP contribution in [0.3, 0.4) is 0 Å². The Hall–Kier alpha value is -7.45. The number of nitrogens with zero attached hydrogens (tertiary/aromatic N) is 1. The SMILES string of the molecule is CCCCCc1ccc(-c2cc(-c3ccc(C)cc3)cc(-c3cc(-c4cc(-c5ccc(C)cc5)cc(-c5ccc(C(C)CCC)cc5)c4)cc(N4c5ccc(B6OC(C)(C)C(C)(C)O6)cc5Oc5cc(B6OC(C)(C)C(C)(C)O6)ccc54)c3)c2)cc1. The number of hydrogen-bond donors (Lipinski definition) is 0. The molecule has 12 rings (SSSR count). The predicted octanol–water partition coefficient (Wildman–Crippen LogP) is 20.1. The van der Waals surface area contributed by atoms with E-state index in [1.54, 1.807) is 0 Å². The quantitative estimate of drug-likeness (QED) is 0.0710. The van der Waals surface area contributed by atoms with Crippen LogP contribution in [0.1, 0.15) is 136 Å². The van der Waals surface area contributed by atoms with Gasteiger partial charge in [-0.3, -0.25) is 0 Å². The first kappa shape index (κ1) is 58.9. The number of hydrogen-bond acceptors (Lipinski definition) is 6. The van der Waals surface area contributed by atoms with Gasteiger partial charge in [-0.2, -0.15) is 0 Å². The van der Waals surface area contributed by atoms with Gasteiger partial charge in [0, 0.05) is 5.69 Å². The lowest BCUT2D eigenvalue weighted by molar-refractivity contribution is 0.00578. The van der Waals surface area contributed by atoms with E-state index in [4.69, 9.17) is 23.4 Å². The molecule has 0 radical (unpaired) electrons. The summed E-state index contributed by atoms with van der Waals surface area (Å²) >= 11 is 0. The Morgan fingerprint density at radius 1 is 0.384 bits per heavy atom. The van der Waals surface area contributed by atoms with Crippen LogP contribution in [0.2, 0.25) is 0 Å². The van der Waals surface area contributed by atoms with E-state index in [9.17, 15) is 0 Å². The van der Waals surface area contributed by atoms with Crippen molar-refractivity contribution in [3.63, 3.8) is 0 Å². The van der Waals surface area contributed by atoms with Crippen LogP contribution in [0.5, 0.6) is 11.5 Å². The molecule has 6 nitrogen and oxygen atoms in total. The van der Waals surface area contributed by atoms with Crippen molar-refractivity contribution in [2.75, 3.05) is 4.90 Å². The van der Waals surface area contributed by atoms with Gasteiger partial charge in [0.2, 0.25) is 0 Å². The average molecular weight is 1140 g/mol. The van der Waals surface area contributed by atoms with Crippen molar-refractivity contribution >= 4 is 42.2 Å². The second-order valence-corrected chi connectivity index (χ2v) is 26.6. The van der Waals surface area contributed by atoms with Crippen LogP contribution in [0.15, 0.2) is 188 Å². The first-order chi connectivity index (χ1) is 41.1. The first-order valence-corrected chi connectivity index (χ1v) is 31.4. The zero-order valence-electron chi connectivity index (χ0n) is 52.9. The monoisotopic (exact) mass is 1140 g/mol. The Labute approximate surface area is 513 Å². The van der Waals surface area contributed by atoms with Gasteiger partial charge >= 0.3 is 14.2 Å². The van der Waals surface area contributed by atoms with E-state index in [1.165, 1.54) is 63.8 Å². The first-order valence-electron chi connectivity index (χ1n) is 31.4. The molecule has 3 heterocycles. The van der Waals surface area contributed by atoms with Crippen molar-refractivity contribution in [1.82, 2.24) is 0 Å². The Kier molecular flexibility index (Phi) is 16.0.